The molecule has 21 heavy (non-hydrogen) atoms. The lowest BCUT2D eigenvalue weighted by molar-refractivity contribution is -0.315. The van der Waals surface area contributed by atoms with Crippen LogP contribution in [0.4, 0.5) is 52.7 Å². The molecule has 0 amide bonds. The fraction of sp³-hybridized carbons (Fsp3) is 1.00. The first-order valence-corrected chi connectivity index (χ1v) is 4.32. The summed E-state index contributed by atoms with van der Waals surface area (Å²) >= 11 is 0. The van der Waals surface area contributed by atoms with Crippen LogP contribution in [0.15, 0.2) is 0 Å². The van der Waals surface area contributed by atoms with E-state index in [1.165, 1.54) is 0 Å². The Kier molecular flexibility index (Phi) is 7.34. The second kappa shape index (κ2) is 6.89. The summed E-state index contributed by atoms with van der Waals surface area (Å²) in [5.41, 5.74) is 0. The van der Waals surface area contributed by atoms with Crippen LogP contribution in [0.5, 0.6) is 0 Å². The van der Waals surface area contributed by atoms with Gasteiger partial charge in [-0.15, -0.1) is 0 Å². The molecule has 0 spiro atoms. The molecule has 0 aromatic rings. The number of hydrogen-bond donors (Lipinski definition) is 1. The summed E-state index contributed by atoms with van der Waals surface area (Å²) in [5, 5.41) is 7.47. The highest BCUT2D eigenvalue weighted by molar-refractivity contribution is 4.75. The van der Waals surface area contributed by atoms with E-state index in [-0.39, 0.29) is 0 Å². The van der Waals surface area contributed by atoms with E-state index in [4.69, 9.17) is 5.11 Å². The predicted molar refractivity (Wildman–Crippen MR) is 41.0 cm³/mol. The Bertz CT molecular complexity index is 269. The van der Waals surface area contributed by atoms with Crippen molar-refractivity contribution in [2.45, 2.75) is 36.9 Å². The van der Waals surface area contributed by atoms with Crippen molar-refractivity contribution in [2.24, 2.45) is 0 Å². The molecule has 0 saturated heterocycles. The van der Waals surface area contributed by atoms with Crippen LogP contribution in [0.3, 0.4) is 0 Å². The lowest BCUT2D eigenvalue weighted by Crippen LogP contribution is -2.43. The molecule has 2 nitrogen and oxygen atoms in total. The number of ether oxygens (including phenoxy) is 1. The Morgan fingerprint density at radius 2 is 0.857 bits per heavy atom. The zero-order valence-corrected chi connectivity index (χ0v) is 9.55. The summed E-state index contributed by atoms with van der Waals surface area (Å²) in [6, 6.07) is 0. The van der Waals surface area contributed by atoms with Gasteiger partial charge in [-0.05, 0) is 0 Å². The largest absolute Gasteiger partial charge is 0.423 e. The van der Waals surface area contributed by atoms with Crippen LogP contribution in [-0.4, -0.2) is 49.1 Å². The second-order valence-corrected chi connectivity index (χ2v) is 3.18. The Morgan fingerprint density at radius 3 is 0.857 bits per heavy atom. The predicted octanol–water partition coefficient (Wildman–Crippen LogP) is 3.60. The van der Waals surface area contributed by atoms with Gasteiger partial charge in [0.25, 0.3) is 0 Å². The highest BCUT2D eigenvalue weighted by Crippen LogP contribution is 2.35. The van der Waals surface area contributed by atoms with Crippen molar-refractivity contribution in [3.63, 3.8) is 0 Å². The van der Waals surface area contributed by atoms with Crippen LogP contribution < -0.4 is 0 Å². The van der Waals surface area contributed by atoms with Crippen molar-refractivity contribution in [3.8, 4) is 0 Å². The molecule has 0 saturated carbocycles. The van der Waals surface area contributed by atoms with Crippen molar-refractivity contribution < 1.29 is 62.5 Å². The van der Waals surface area contributed by atoms with E-state index in [0.29, 0.717) is 7.11 Å². The molecule has 0 radical (unpaired) electrons. The van der Waals surface area contributed by atoms with Gasteiger partial charge < -0.3 is 9.84 Å². The molecule has 1 N–H and O–H groups in total. The van der Waals surface area contributed by atoms with Crippen molar-refractivity contribution in [3.05, 3.63) is 0 Å². The molecule has 0 atom stereocenters. The second-order valence-electron chi connectivity index (χ2n) is 3.18. The number of aliphatic hydroxyl groups is 1. The lowest BCUT2D eigenvalue weighted by Gasteiger charge is -2.20. The minimum atomic E-state index is -5.63. The van der Waals surface area contributed by atoms with Crippen molar-refractivity contribution >= 4 is 0 Å². The molecular formula is C7H6F12O2. The van der Waals surface area contributed by atoms with Crippen molar-refractivity contribution in [1.29, 1.82) is 0 Å². The molecule has 0 unspecified atom stereocenters. The Hall–Kier alpha value is -0.920. The normalized spacial score (nSPS) is 14.3. The fourth-order valence-corrected chi connectivity index (χ4v) is 0.638. The van der Waals surface area contributed by atoms with Gasteiger partial charge in [0.15, 0.2) is 0 Å². The molecule has 0 heterocycles. The van der Waals surface area contributed by atoms with E-state index in [0.717, 1.165) is 0 Å². The van der Waals surface area contributed by atoms with Crippen LogP contribution in [0.1, 0.15) is 0 Å². The maximum absolute atomic E-state index is 11.4. The van der Waals surface area contributed by atoms with Crippen LogP contribution in [0, 0.1) is 0 Å². The Balaban J connectivity index is 0. The number of rotatable bonds is 1. The molecule has 0 aliphatic carbocycles. The van der Waals surface area contributed by atoms with Gasteiger partial charge in [-0.25, -0.2) is 0 Å². The van der Waals surface area contributed by atoms with E-state index in [1.807, 2.05) is 0 Å². The number of aliphatic hydroxyl groups excluding tert-OH is 1. The maximum Gasteiger partial charge on any atom is 0.423 e. The average Bonchev–Trinajstić information content (AvgIpc) is 2.10. The minimum Gasteiger partial charge on any atom is -0.377 e. The number of halogens is 12. The molecule has 130 valence electrons. The monoisotopic (exact) mass is 350 g/mol. The van der Waals surface area contributed by atoms with E-state index < -0.39 is 36.9 Å². The smallest absolute Gasteiger partial charge is 0.377 e. The van der Waals surface area contributed by atoms with Gasteiger partial charge in [-0.2, -0.15) is 52.7 Å². The molecule has 0 aromatic heterocycles. The third kappa shape index (κ3) is 8.85. The first-order chi connectivity index (χ1) is 8.85. The van der Waals surface area contributed by atoms with E-state index in [1.54, 1.807) is 0 Å². The SMILES string of the molecule is COC(C(F)(F)F)C(F)(F)F.OC(C(F)(F)F)C(F)(F)F. The first-order valence-electron chi connectivity index (χ1n) is 4.32. The van der Waals surface area contributed by atoms with Crippen molar-refractivity contribution in [1.82, 2.24) is 0 Å². The van der Waals surface area contributed by atoms with E-state index in [9.17, 15) is 52.7 Å². The van der Waals surface area contributed by atoms with Gasteiger partial charge in [-0.3, -0.25) is 0 Å². The van der Waals surface area contributed by atoms with Gasteiger partial charge in [-0.1, -0.05) is 0 Å². The van der Waals surface area contributed by atoms with Crippen LogP contribution >= 0.6 is 0 Å². The Morgan fingerprint density at radius 1 is 0.619 bits per heavy atom. The molecule has 0 aliphatic rings. The summed E-state index contributed by atoms with van der Waals surface area (Å²) < 4.78 is 137. The standard InChI is InChI=1S/C4H4F6O.C3H2F6O/c1-11-2(3(5,6)7)4(8,9)10;4-2(5,6)1(10)3(7,8)9/h2H,1H3;1,10H. The minimum absolute atomic E-state index is 0.353. The third-order valence-electron chi connectivity index (χ3n) is 1.45. The number of methoxy groups -OCH3 is 1. The van der Waals surface area contributed by atoms with Gasteiger partial charge in [0.05, 0.1) is 0 Å². The van der Waals surface area contributed by atoms with Crippen molar-refractivity contribution in [2.75, 3.05) is 7.11 Å². The molecular weight excluding hydrogens is 344 g/mol. The number of hydrogen-bond acceptors (Lipinski definition) is 2. The fourth-order valence-electron chi connectivity index (χ4n) is 0.638. The highest BCUT2D eigenvalue weighted by atomic mass is 19.4. The molecule has 0 rings (SSSR count). The topological polar surface area (TPSA) is 29.5 Å². The zero-order chi connectivity index (χ0) is 17.9. The summed E-state index contributed by atoms with van der Waals surface area (Å²) in [4.78, 5) is 0. The molecule has 14 heteroatoms. The molecule has 0 fully saturated rings. The maximum atomic E-state index is 11.4. The lowest BCUT2D eigenvalue weighted by atomic mass is 10.3. The summed E-state index contributed by atoms with van der Waals surface area (Å²) in [6.07, 6.45) is -30.0. The van der Waals surface area contributed by atoms with E-state index in [2.05, 4.69) is 4.74 Å². The Labute approximate surface area is 108 Å². The van der Waals surface area contributed by atoms with Crippen LogP contribution in [-0.2, 0) is 4.74 Å². The summed E-state index contributed by atoms with van der Waals surface area (Å²) in [5.74, 6) is 0. The highest BCUT2D eigenvalue weighted by Gasteiger charge is 2.57. The quantitative estimate of drug-likeness (QED) is 0.733. The molecule has 0 aliphatic heterocycles. The van der Waals surface area contributed by atoms with Gasteiger partial charge >= 0.3 is 24.7 Å². The molecule has 0 aromatic carbocycles. The van der Waals surface area contributed by atoms with E-state index >= 15 is 0 Å². The van der Waals surface area contributed by atoms with Gasteiger partial charge in [0.1, 0.15) is 0 Å². The summed E-state index contributed by atoms with van der Waals surface area (Å²) in [7, 11) is 0.353. The van der Waals surface area contributed by atoms with Crippen LogP contribution in [0.25, 0.3) is 0 Å². The average molecular weight is 350 g/mol. The van der Waals surface area contributed by atoms with Crippen LogP contribution in [0.2, 0.25) is 0 Å². The van der Waals surface area contributed by atoms with Gasteiger partial charge in [0, 0.05) is 7.11 Å². The molecule has 0 bridgehead atoms. The summed E-state index contributed by atoms with van der Waals surface area (Å²) in [6.45, 7) is 0. The van der Waals surface area contributed by atoms with Gasteiger partial charge in [0.2, 0.25) is 12.2 Å². The zero-order valence-electron chi connectivity index (χ0n) is 9.55. The third-order valence-corrected chi connectivity index (χ3v) is 1.45. The number of alkyl halides is 12. The first kappa shape index (κ1) is 22.4.